The molecular weight excluding hydrogens is 408 g/mol. The molecule has 0 aliphatic rings. The predicted octanol–water partition coefficient (Wildman–Crippen LogP) is 3.14. The molecule has 0 saturated heterocycles. The lowest BCUT2D eigenvalue weighted by atomic mass is 9.94. The van der Waals surface area contributed by atoms with Crippen LogP contribution in [-0.4, -0.2) is 38.0 Å². The fraction of sp³-hybridized carbons (Fsp3) is 0.318. The van der Waals surface area contributed by atoms with Crippen LogP contribution < -0.4 is 4.74 Å². The normalized spacial score (nSPS) is 13.2. The quantitative estimate of drug-likeness (QED) is 0.358. The number of ether oxygens (including phenoxy) is 2. The molecule has 0 heterocycles. The summed E-state index contributed by atoms with van der Waals surface area (Å²) in [6, 6.07) is 12.1. The van der Waals surface area contributed by atoms with E-state index in [0.717, 1.165) is 5.56 Å². The van der Waals surface area contributed by atoms with E-state index in [2.05, 4.69) is 0 Å². The van der Waals surface area contributed by atoms with Crippen molar-refractivity contribution < 1.29 is 32.3 Å². The number of carbonyl (C=O) groups excluding carboxylic acids is 3. The van der Waals surface area contributed by atoms with Gasteiger partial charge in [-0.15, -0.1) is 0 Å². The highest BCUT2D eigenvalue weighted by atomic mass is 32.2. The SMILES string of the molecule is CC(=O)Oc1ccc(C(=O)[C@@H](CS(=O)(=O)c2ccc(C)cc2)[C@H](C)OC(C)=O)cc1. The first-order valence-corrected chi connectivity index (χ1v) is 10.9. The van der Waals surface area contributed by atoms with Crippen LogP contribution in [0, 0.1) is 12.8 Å². The summed E-state index contributed by atoms with van der Waals surface area (Å²) >= 11 is 0. The Balaban J connectivity index is 2.34. The van der Waals surface area contributed by atoms with Gasteiger partial charge >= 0.3 is 11.9 Å². The van der Waals surface area contributed by atoms with Gasteiger partial charge < -0.3 is 9.47 Å². The zero-order chi connectivity index (χ0) is 22.5. The molecule has 0 aliphatic heterocycles. The summed E-state index contributed by atoms with van der Waals surface area (Å²) in [6.07, 6.45) is -0.955. The maximum absolute atomic E-state index is 13.1. The average molecular weight is 432 g/mol. The third kappa shape index (κ3) is 6.25. The number of sulfone groups is 1. The van der Waals surface area contributed by atoms with E-state index in [1.807, 2.05) is 6.92 Å². The fourth-order valence-electron chi connectivity index (χ4n) is 2.91. The van der Waals surface area contributed by atoms with Crippen LogP contribution in [0.1, 0.15) is 36.7 Å². The minimum atomic E-state index is -3.82. The Morgan fingerprint density at radius 1 is 0.900 bits per heavy atom. The number of esters is 2. The number of aryl methyl sites for hydroxylation is 1. The van der Waals surface area contributed by atoms with Crippen LogP contribution >= 0.6 is 0 Å². The molecule has 0 N–H and O–H groups in total. The zero-order valence-corrected chi connectivity index (χ0v) is 18.1. The second-order valence-electron chi connectivity index (χ2n) is 7.00. The molecule has 2 aromatic rings. The lowest BCUT2D eigenvalue weighted by molar-refractivity contribution is -0.146. The smallest absolute Gasteiger partial charge is 0.308 e. The largest absolute Gasteiger partial charge is 0.462 e. The van der Waals surface area contributed by atoms with Gasteiger partial charge in [0.15, 0.2) is 15.6 Å². The third-order valence-electron chi connectivity index (χ3n) is 4.43. The van der Waals surface area contributed by atoms with E-state index in [1.54, 1.807) is 12.1 Å². The van der Waals surface area contributed by atoms with Crippen molar-refractivity contribution in [2.24, 2.45) is 5.92 Å². The molecule has 8 heteroatoms. The number of hydrogen-bond acceptors (Lipinski definition) is 7. The maximum atomic E-state index is 13.1. The monoisotopic (exact) mass is 432 g/mol. The van der Waals surface area contributed by atoms with Crippen molar-refractivity contribution in [3.8, 4) is 5.75 Å². The van der Waals surface area contributed by atoms with E-state index < -0.39 is 45.3 Å². The number of Topliss-reactive ketones (excluding diaryl/α,β-unsaturated/α-hetero) is 1. The van der Waals surface area contributed by atoms with Crippen molar-refractivity contribution >= 4 is 27.6 Å². The summed E-state index contributed by atoms with van der Waals surface area (Å²) in [5, 5.41) is 0. The highest BCUT2D eigenvalue weighted by Gasteiger charge is 2.33. The van der Waals surface area contributed by atoms with E-state index in [-0.39, 0.29) is 16.2 Å². The lowest BCUT2D eigenvalue weighted by Gasteiger charge is -2.23. The second kappa shape index (κ2) is 9.67. The first-order chi connectivity index (χ1) is 14.0. The van der Waals surface area contributed by atoms with Crippen molar-refractivity contribution in [3.05, 3.63) is 59.7 Å². The molecule has 0 fully saturated rings. The summed E-state index contributed by atoms with van der Waals surface area (Å²) in [5.41, 5.74) is 1.12. The second-order valence-corrected chi connectivity index (χ2v) is 9.03. The van der Waals surface area contributed by atoms with E-state index in [0.29, 0.717) is 0 Å². The first-order valence-electron chi connectivity index (χ1n) is 9.29. The number of benzene rings is 2. The van der Waals surface area contributed by atoms with Gasteiger partial charge in [-0.25, -0.2) is 8.42 Å². The summed E-state index contributed by atoms with van der Waals surface area (Å²) in [5.74, 6) is -2.97. The Morgan fingerprint density at radius 2 is 1.47 bits per heavy atom. The lowest BCUT2D eigenvalue weighted by Crippen LogP contribution is -2.35. The minimum absolute atomic E-state index is 0.0890. The predicted molar refractivity (Wildman–Crippen MR) is 110 cm³/mol. The van der Waals surface area contributed by atoms with Gasteiger partial charge in [0, 0.05) is 19.4 Å². The Labute approximate surface area is 175 Å². The minimum Gasteiger partial charge on any atom is -0.462 e. The fourth-order valence-corrected chi connectivity index (χ4v) is 4.55. The molecule has 0 unspecified atom stereocenters. The van der Waals surface area contributed by atoms with E-state index in [1.165, 1.54) is 57.2 Å². The maximum Gasteiger partial charge on any atom is 0.308 e. The number of ketones is 1. The average Bonchev–Trinajstić information content (AvgIpc) is 2.65. The van der Waals surface area contributed by atoms with Crippen molar-refractivity contribution in [2.75, 3.05) is 5.75 Å². The molecule has 0 aliphatic carbocycles. The first kappa shape index (κ1) is 23.3. The van der Waals surface area contributed by atoms with Gasteiger partial charge in [-0.3, -0.25) is 14.4 Å². The third-order valence-corrected chi connectivity index (χ3v) is 6.22. The molecule has 0 aromatic heterocycles. The number of rotatable bonds is 8. The van der Waals surface area contributed by atoms with Crippen molar-refractivity contribution in [3.63, 3.8) is 0 Å². The molecule has 0 bridgehead atoms. The summed E-state index contributed by atoms with van der Waals surface area (Å²) < 4.78 is 35.9. The van der Waals surface area contributed by atoms with Crippen molar-refractivity contribution in [2.45, 2.75) is 38.7 Å². The molecule has 2 rings (SSSR count). The zero-order valence-electron chi connectivity index (χ0n) is 17.2. The van der Waals surface area contributed by atoms with Gasteiger partial charge in [-0.05, 0) is 50.2 Å². The summed E-state index contributed by atoms with van der Waals surface area (Å²) in [4.78, 5) is 35.6. The van der Waals surface area contributed by atoms with Crippen LogP contribution in [-0.2, 0) is 24.2 Å². The van der Waals surface area contributed by atoms with Gasteiger partial charge in [0.05, 0.1) is 16.6 Å². The van der Waals surface area contributed by atoms with Gasteiger partial charge in [0.2, 0.25) is 0 Å². The molecule has 0 saturated carbocycles. The number of hydrogen-bond donors (Lipinski definition) is 0. The number of carbonyl (C=O) groups is 3. The molecule has 0 spiro atoms. The van der Waals surface area contributed by atoms with Gasteiger partial charge in [0.1, 0.15) is 11.9 Å². The topological polar surface area (TPSA) is 104 Å². The van der Waals surface area contributed by atoms with Crippen molar-refractivity contribution in [1.29, 1.82) is 0 Å². The molecule has 0 amide bonds. The summed E-state index contributed by atoms with van der Waals surface area (Å²) in [6.45, 7) is 5.78. The Hall–Kier alpha value is -3.00. The molecule has 160 valence electrons. The van der Waals surface area contributed by atoms with E-state index >= 15 is 0 Å². The molecule has 2 atom stereocenters. The van der Waals surface area contributed by atoms with Gasteiger partial charge in [-0.2, -0.15) is 0 Å². The van der Waals surface area contributed by atoms with E-state index in [9.17, 15) is 22.8 Å². The van der Waals surface area contributed by atoms with Crippen LogP contribution in [0.5, 0.6) is 5.75 Å². The van der Waals surface area contributed by atoms with Crippen LogP contribution in [0.2, 0.25) is 0 Å². The molecule has 7 nitrogen and oxygen atoms in total. The highest BCUT2D eigenvalue weighted by molar-refractivity contribution is 7.91. The van der Waals surface area contributed by atoms with Crippen LogP contribution in [0.4, 0.5) is 0 Å². The van der Waals surface area contributed by atoms with Gasteiger partial charge in [-0.1, -0.05) is 17.7 Å². The van der Waals surface area contributed by atoms with Crippen LogP contribution in [0.3, 0.4) is 0 Å². The Bertz CT molecular complexity index is 1020. The van der Waals surface area contributed by atoms with Crippen LogP contribution in [0.15, 0.2) is 53.4 Å². The van der Waals surface area contributed by atoms with E-state index in [4.69, 9.17) is 9.47 Å². The Morgan fingerprint density at radius 3 is 1.97 bits per heavy atom. The molecule has 30 heavy (non-hydrogen) atoms. The van der Waals surface area contributed by atoms with Gasteiger partial charge in [0.25, 0.3) is 0 Å². The molecule has 2 aromatic carbocycles. The Kier molecular flexibility index (Phi) is 7.50. The van der Waals surface area contributed by atoms with Crippen LogP contribution in [0.25, 0.3) is 0 Å². The van der Waals surface area contributed by atoms with Crippen molar-refractivity contribution in [1.82, 2.24) is 0 Å². The highest BCUT2D eigenvalue weighted by Crippen LogP contribution is 2.23. The molecule has 0 radical (unpaired) electrons. The molecular formula is C22H24O7S. The summed E-state index contributed by atoms with van der Waals surface area (Å²) in [7, 11) is -3.82. The standard InChI is InChI=1S/C22H24O7S/c1-14-5-11-20(12-6-14)30(26,27)13-21(15(2)28-16(3)23)22(25)18-7-9-19(10-8-18)29-17(4)24/h5-12,15,21H,13H2,1-4H3/t15-,21-/m0/s1.